The van der Waals surface area contributed by atoms with Crippen molar-refractivity contribution in [3.8, 4) is 0 Å². The minimum absolute atomic E-state index is 0. The lowest BCUT2D eigenvalue weighted by atomic mass is 9.84. The summed E-state index contributed by atoms with van der Waals surface area (Å²) in [7, 11) is -2.83. The summed E-state index contributed by atoms with van der Waals surface area (Å²) in [5.74, 6) is 1.54. The van der Waals surface area contributed by atoms with Gasteiger partial charge >= 0.3 is 0 Å². The van der Waals surface area contributed by atoms with Gasteiger partial charge in [-0.1, -0.05) is 45.0 Å². The Morgan fingerprint density at radius 2 is 1.85 bits per heavy atom. The van der Waals surface area contributed by atoms with Crippen molar-refractivity contribution >= 4 is 39.8 Å². The Balaban J connectivity index is 0.00000364. The molecule has 2 N–H and O–H groups in total. The van der Waals surface area contributed by atoms with Crippen molar-refractivity contribution in [3.63, 3.8) is 0 Å². The van der Waals surface area contributed by atoms with Crippen LogP contribution in [0.25, 0.3) is 0 Å². The van der Waals surface area contributed by atoms with Crippen molar-refractivity contribution in [2.75, 3.05) is 31.1 Å². The molecule has 1 heterocycles. The highest BCUT2D eigenvalue weighted by Crippen LogP contribution is 2.24. The van der Waals surface area contributed by atoms with Gasteiger partial charge in [0.15, 0.2) is 15.8 Å². The monoisotopic (exact) mass is 507 g/mol. The molecule has 0 radical (unpaired) electrons. The number of hydrogen-bond donors (Lipinski definition) is 2. The van der Waals surface area contributed by atoms with Gasteiger partial charge in [0.1, 0.15) is 0 Å². The predicted molar refractivity (Wildman–Crippen MR) is 125 cm³/mol. The van der Waals surface area contributed by atoms with Crippen molar-refractivity contribution < 1.29 is 8.42 Å². The number of sulfone groups is 1. The number of halogens is 1. The second-order valence-electron chi connectivity index (χ2n) is 7.78. The second kappa shape index (κ2) is 10.6. The van der Waals surface area contributed by atoms with Gasteiger partial charge in [0, 0.05) is 18.5 Å². The minimum atomic E-state index is -2.83. The Kier molecular flexibility index (Phi) is 9.54. The number of rotatable bonds is 7. The van der Waals surface area contributed by atoms with Crippen LogP contribution in [0.2, 0.25) is 0 Å². The average Bonchev–Trinajstić information content (AvgIpc) is 2.96. The third-order valence-electron chi connectivity index (χ3n) is 5.01. The highest BCUT2D eigenvalue weighted by Gasteiger charge is 2.27. The molecule has 1 saturated heterocycles. The van der Waals surface area contributed by atoms with Crippen LogP contribution in [0.15, 0.2) is 29.3 Å². The fourth-order valence-corrected chi connectivity index (χ4v) is 5.04. The minimum Gasteiger partial charge on any atom is -0.357 e. The largest absolute Gasteiger partial charge is 0.357 e. The van der Waals surface area contributed by atoms with Crippen molar-refractivity contribution in [1.29, 1.82) is 0 Å². The van der Waals surface area contributed by atoms with E-state index in [1.54, 1.807) is 0 Å². The van der Waals surface area contributed by atoms with Crippen molar-refractivity contribution in [2.24, 2.45) is 10.9 Å². The van der Waals surface area contributed by atoms with E-state index in [1.807, 2.05) is 6.92 Å². The molecule has 1 aliphatic heterocycles. The van der Waals surface area contributed by atoms with Gasteiger partial charge in [-0.05, 0) is 36.8 Å². The molecule has 1 unspecified atom stereocenters. The van der Waals surface area contributed by atoms with Gasteiger partial charge in [0.25, 0.3) is 0 Å². The van der Waals surface area contributed by atoms with Crippen LogP contribution in [0.3, 0.4) is 0 Å². The van der Waals surface area contributed by atoms with Gasteiger partial charge in [-0.15, -0.1) is 24.0 Å². The molecule has 2 rings (SSSR count). The van der Waals surface area contributed by atoms with Gasteiger partial charge in [0.2, 0.25) is 0 Å². The Hall–Kier alpha value is -0.830. The van der Waals surface area contributed by atoms with Gasteiger partial charge in [-0.3, -0.25) is 4.99 Å². The number of guanidine groups is 1. The van der Waals surface area contributed by atoms with Crippen LogP contribution >= 0.6 is 24.0 Å². The molecule has 1 aromatic rings. The molecule has 0 spiro atoms. The predicted octanol–water partition coefficient (Wildman–Crippen LogP) is 3.13. The van der Waals surface area contributed by atoms with Crippen LogP contribution in [0, 0.1) is 5.92 Å². The van der Waals surface area contributed by atoms with Crippen LogP contribution in [-0.4, -0.2) is 45.5 Å². The summed E-state index contributed by atoms with van der Waals surface area (Å²) in [6, 6.07) is 8.76. The van der Waals surface area contributed by atoms with E-state index in [0.29, 0.717) is 18.8 Å². The molecule has 0 bridgehead atoms. The van der Waals surface area contributed by atoms with Gasteiger partial charge < -0.3 is 10.6 Å². The number of hydrogen-bond acceptors (Lipinski definition) is 3. The number of nitrogens with one attached hydrogen (secondary N) is 2. The zero-order chi connectivity index (χ0) is 19.2. The zero-order valence-corrected chi connectivity index (χ0v) is 20.1. The molecule has 27 heavy (non-hydrogen) atoms. The smallest absolute Gasteiger partial charge is 0.191 e. The van der Waals surface area contributed by atoms with Crippen LogP contribution in [0.1, 0.15) is 45.2 Å². The average molecular weight is 507 g/mol. The first-order chi connectivity index (χ1) is 12.3. The quantitative estimate of drug-likeness (QED) is 0.338. The van der Waals surface area contributed by atoms with Crippen molar-refractivity contribution in [3.05, 3.63) is 35.4 Å². The molecule has 1 atom stereocenters. The van der Waals surface area contributed by atoms with Crippen LogP contribution in [0.4, 0.5) is 0 Å². The molecule has 1 aliphatic rings. The normalized spacial score (nSPS) is 19.4. The highest BCUT2D eigenvalue weighted by atomic mass is 127. The van der Waals surface area contributed by atoms with E-state index in [9.17, 15) is 8.42 Å². The van der Waals surface area contributed by atoms with E-state index >= 15 is 0 Å². The third-order valence-corrected chi connectivity index (χ3v) is 6.84. The van der Waals surface area contributed by atoms with E-state index < -0.39 is 9.84 Å². The summed E-state index contributed by atoms with van der Waals surface area (Å²) >= 11 is 0. The SMILES string of the molecule is CCNC(=NCC(C)(C)c1ccc(CC)cc1)NCC1CCS(=O)(=O)C1.I. The van der Waals surface area contributed by atoms with Gasteiger partial charge in [-0.2, -0.15) is 0 Å². The molecule has 154 valence electrons. The number of benzene rings is 1. The molecule has 5 nitrogen and oxygen atoms in total. The summed E-state index contributed by atoms with van der Waals surface area (Å²) < 4.78 is 23.2. The van der Waals surface area contributed by atoms with Crippen molar-refractivity contribution in [1.82, 2.24) is 10.6 Å². The Morgan fingerprint density at radius 3 is 2.37 bits per heavy atom. The number of aryl methyl sites for hydroxylation is 1. The van der Waals surface area contributed by atoms with Gasteiger partial charge in [-0.25, -0.2) is 8.42 Å². The summed E-state index contributed by atoms with van der Waals surface area (Å²) in [5, 5.41) is 6.58. The zero-order valence-electron chi connectivity index (χ0n) is 16.9. The number of nitrogens with zero attached hydrogens (tertiary/aromatic N) is 1. The Morgan fingerprint density at radius 1 is 1.19 bits per heavy atom. The molecule has 7 heteroatoms. The topological polar surface area (TPSA) is 70.6 Å². The molecule has 0 amide bonds. The molecule has 0 aromatic heterocycles. The summed E-state index contributed by atoms with van der Waals surface area (Å²) in [5.41, 5.74) is 2.55. The van der Waals surface area contributed by atoms with E-state index in [4.69, 9.17) is 4.99 Å². The molecule has 1 aromatic carbocycles. The summed E-state index contributed by atoms with van der Waals surface area (Å²) in [6.07, 6.45) is 1.79. The summed E-state index contributed by atoms with van der Waals surface area (Å²) in [6.45, 7) is 10.7. The fourth-order valence-electron chi connectivity index (χ4n) is 3.18. The van der Waals surface area contributed by atoms with Crippen LogP contribution in [0.5, 0.6) is 0 Å². The van der Waals surface area contributed by atoms with E-state index in [0.717, 1.165) is 25.3 Å². The molecular weight excluding hydrogens is 473 g/mol. The molecular formula is C20H34IN3O2S. The first-order valence-electron chi connectivity index (χ1n) is 9.58. The lowest BCUT2D eigenvalue weighted by Crippen LogP contribution is -2.41. The lowest BCUT2D eigenvalue weighted by Gasteiger charge is -2.24. The standard InChI is InChI=1S/C20H33N3O2S.HI/c1-5-16-7-9-18(10-8-16)20(3,4)15-23-19(21-6-2)22-13-17-11-12-26(24,25)14-17;/h7-10,17H,5-6,11-15H2,1-4H3,(H2,21,22,23);1H. The van der Waals surface area contributed by atoms with Gasteiger partial charge in [0.05, 0.1) is 18.1 Å². The molecule has 0 saturated carbocycles. The fraction of sp³-hybridized carbons (Fsp3) is 0.650. The maximum atomic E-state index is 11.6. The second-order valence-corrected chi connectivity index (χ2v) is 10.0. The third kappa shape index (κ3) is 7.60. The maximum Gasteiger partial charge on any atom is 0.191 e. The van der Waals surface area contributed by atoms with E-state index in [1.165, 1.54) is 11.1 Å². The maximum absolute atomic E-state index is 11.6. The number of aliphatic imine (C=N–C) groups is 1. The van der Waals surface area contributed by atoms with E-state index in [-0.39, 0.29) is 41.1 Å². The molecule has 0 aliphatic carbocycles. The van der Waals surface area contributed by atoms with E-state index in [2.05, 4.69) is 55.7 Å². The van der Waals surface area contributed by atoms with Crippen molar-refractivity contribution in [2.45, 2.75) is 46.0 Å². The molecule has 1 fully saturated rings. The Labute approximate surface area is 181 Å². The first kappa shape index (κ1) is 24.2. The van der Waals surface area contributed by atoms with Crippen LogP contribution < -0.4 is 10.6 Å². The Bertz CT molecular complexity index is 715. The van der Waals surface area contributed by atoms with Crippen LogP contribution in [-0.2, 0) is 21.7 Å². The highest BCUT2D eigenvalue weighted by molar-refractivity contribution is 14.0. The summed E-state index contributed by atoms with van der Waals surface area (Å²) in [4.78, 5) is 4.75. The first-order valence-corrected chi connectivity index (χ1v) is 11.4. The lowest BCUT2D eigenvalue weighted by molar-refractivity contribution is 0.532.